The molecule has 1 nitrogen and oxygen atoms in total. The van der Waals surface area contributed by atoms with E-state index >= 15 is 0 Å². The van der Waals surface area contributed by atoms with E-state index in [0.29, 0.717) is 0 Å². The molecule has 0 bridgehead atoms. The van der Waals surface area contributed by atoms with Gasteiger partial charge in [-0.2, -0.15) is 0 Å². The van der Waals surface area contributed by atoms with Gasteiger partial charge in [-0.25, -0.2) is 0 Å². The molecule has 0 aromatic rings. The summed E-state index contributed by atoms with van der Waals surface area (Å²) in [6.45, 7) is 21.1. The van der Waals surface area contributed by atoms with Gasteiger partial charge in [0.15, 0.2) is 0 Å². The fourth-order valence-corrected chi connectivity index (χ4v) is 2.26. The minimum absolute atomic E-state index is 0.0744. The Hall–Kier alpha value is -0.590. The van der Waals surface area contributed by atoms with E-state index in [1.165, 1.54) is 5.57 Å². The molecule has 0 aromatic carbocycles. The second-order valence-corrected chi connectivity index (χ2v) is 7.55. The summed E-state index contributed by atoms with van der Waals surface area (Å²) >= 11 is 0. The summed E-state index contributed by atoms with van der Waals surface area (Å²) in [7, 11) is 0. The highest BCUT2D eigenvalue weighted by atomic mass is 16.1. The monoisotopic (exact) mass is 238 g/mol. The fraction of sp³-hybridized carbons (Fsp3) is 0.812. The van der Waals surface area contributed by atoms with Crippen LogP contribution in [0, 0.1) is 22.7 Å². The number of allylic oxidation sites excluding steroid dienone is 1. The molecule has 0 fully saturated rings. The molecule has 0 amide bonds. The normalized spacial score (nSPS) is 16.5. The molecule has 17 heavy (non-hydrogen) atoms. The third kappa shape index (κ3) is 5.52. The van der Waals surface area contributed by atoms with Gasteiger partial charge in [0, 0.05) is 5.92 Å². The van der Waals surface area contributed by atoms with Crippen LogP contribution < -0.4 is 0 Å². The Kier molecular flexibility index (Phi) is 5.18. The fourth-order valence-electron chi connectivity index (χ4n) is 2.26. The van der Waals surface area contributed by atoms with Gasteiger partial charge < -0.3 is 0 Å². The lowest BCUT2D eigenvalue weighted by Gasteiger charge is -2.34. The van der Waals surface area contributed by atoms with Crippen molar-refractivity contribution in [1.82, 2.24) is 0 Å². The van der Waals surface area contributed by atoms with Gasteiger partial charge in [-0.15, -0.1) is 0 Å². The summed E-state index contributed by atoms with van der Waals surface area (Å²) in [5.74, 6) is 0.645. The highest BCUT2D eigenvalue weighted by Gasteiger charge is 2.32. The molecule has 0 radical (unpaired) electrons. The van der Waals surface area contributed by atoms with E-state index in [9.17, 15) is 4.79 Å². The van der Waals surface area contributed by atoms with Crippen molar-refractivity contribution >= 4 is 5.78 Å². The van der Waals surface area contributed by atoms with Gasteiger partial charge >= 0.3 is 0 Å². The Morgan fingerprint density at radius 2 is 1.53 bits per heavy atom. The molecular formula is C16H30O. The lowest BCUT2D eigenvalue weighted by atomic mass is 9.70. The number of Topliss-reactive ketones (excluding diaryl/α,β-unsaturated/α-hetero) is 1. The molecular weight excluding hydrogens is 208 g/mol. The number of ketones is 1. The van der Waals surface area contributed by atoms with Crippen LogP contribution in [0.25, 0.3) is 0 Å². The summed E-state index contributed by atoms with van der Waals surface area (Å²) in [5.41, 5.74) is 1.44. The molecule has 0 saturated heterocycles. The van der Waals surface area contributed by atoms with E-state index in [4.69, 9.17) is 0 Å². The SMILES string of the molecule is C=C(C(C)C(CC(C)(C)C)C(C)=O)C(C)(C)C. The minimum Gasteiger partial charge on any atom is -0.300 e. The van der Waals surface area contributed by atoms with E-state index in [2.05, 4.69) is 55.0 Å². The third-order valence-corrected chi connectivity index (χ3v) is 3.47. The van der Waals surface area contributed by atoms with Gasteiger partial charge in [-0.1, -0.05) is 60.6 Å². The van der Waals surface area contributed by atoms with Crippen molar-refractivity contribution < 1.29 is 4.79 Å². The van der Waals surface area contributed by atoms with E-state index in [0.717, 1.165) is 6.42 Å². The Bertz CT molecular complexity index is 286. The molecule has 0 aliphatic carbocycles. The summed E-state index contributed by atoms with van der Waals surface area (Å²) in [6, 6.07) is 0. The molecule has 0 aliphatic rings. The van der Waals surface area contributed by atoms with Crippen molar-refractivity contribution in [2.75, 3.05) is 0 Å². The van der Waals surface area contributed by atoms with Gasteiger partial charge in [0.05, 0.1) is 0 Å². The average Bonchev–Trinajstić information content (AvgIpc) is 2.08. The van der Waals surface area contributed by atoms with Crippen LogP contribution in [0.4, 0.5) is 0 Å². The van der Waals surface area contributed by atoms with Crippen molar-refractivity contribution in [3.63, 3.8) is 0 Å². The molecule has 0 aromatic heterocycles. The smallest absolute Gasteiger partial charge is 0.133 e. The van der Waals surface area contributed by atoms with Crippen LogP contribution in [0.1, 0.15) is 61.8 Å². The Balaban J connectivity index is 4.97. The maximum Gasteiger partial charge on any atom is 0.133 e. The molecule has 0 saturated carbocycles. The maximum atomic E-state index is 11.9. The van der Waals surface area contributed by atoms with Crippen molar-refractivity contribution in [2.45, 2.75) is 61.8 Å². The topological polar surface area (TPSA) is 17.1 Å². The number of hydrogen-bond donors (Lipinski definition) is 0. The minimum atomic E-state index is 0.0744. The number of carbonyl (C=O) groups excluding carboxylic acids is 1. The van der Waals surface area contributed by atoms with E-state index in [1.807, 2.05) is 0 Å². The first kappa shape index (κ1) is 16.4. The lowest BCUT2D eigenvalue weighted by molar-refractivity contribution is -0.122. The Morgan fingerprint density at radius 3 is 1.76 bits per heavy atom. The molecule has 0 rings (SSSR count). The van der Waals surface area contributed by atoms with Crippen molar-refractivity contribution in [2.24, 2.45) is 22.7 Å². The predicted molar refractivity (Wildman–Crippen MR) is 76.0 cm³/mol. The van der Waals surface area contributed by atoms with Crippen molar-refractivity contribution in [1.29, 1.82) is 0 Å². The zero-order valence-electron chi connectivity index (χ0n) is 13.0. The van der Waals surface area contributed by atoms with Crippen LogP contribution in [0.3, 0.4) is 0 Å². The summed E-state index contributed by atoms with van der Waals surface area (Å²) < 4.78 is 0. The maximum absolute atomic E-state index is 11.9. The highest BCUT2D eigenvalue weighted by Crippen LogP contribution is 2.38. The first-order chi connectivity index (χ1) is 7.36. The molecule has 0 aliphatic heterocycles. The largest absolute Gasteiger partial charge is 0.300 e. The average molecular weight is 238 g/mol. The number of hydrogen-bond acceptors (Lipinski definition) is 1. The number of rotatable bonds is 4. The third-order valence-electron chi connectivity index (χ3n) is 3.47. The molecule has 0 heterocycles. The van der Waals surface area contributed by atoms with Crippen LogP contribution >= 0.6 is 0 Å². The Labute approximate surface area is 108 Å². The van der Waals surface area contributed by atoms with Gasteiger partial charge in [-0.05, 0) is 30.1 Å². The van der Waals surface area contributed by atoms with Crippen LogP contribution in [0.2, 0.25) is 0 Å². The lowest BCUT2D eigenvalue weighted by Crippen LogP contribution is -2.29. The molecule has 0 N–H and O–H groups in total. The van der Waals surface area contributed by atoms with E-state index in [1.54, 1.807) is 6.92 Å². The van der Waals surface area contributed by atoms with Crippen LogP contribution in [0.15, 0.2) is 12.2 Å². The molecule has 2 unspecified atom stereocenters. The standard InChI is InChI=1S/C16H30O/c1-11(12(2)16(7,8)9)14(13(3)17)10-15(4,5)6/h11,14H,2,10H2,1,3-9H3. The van der Waals surface area contributed by atoms with Gasteiger partial charge in [-0.3, -0.25) is 4.79 Å². The predicted octanol–water partition coefficient (Wildman–Crippen LogP) is 4.87. The zero-order chi connectivity index (χ0) is 14.0. The summed E-state index contributed by atoms with van der Waals surface area (Å²) in [6.07, 6.45) is 0.929. The molecule has 100 valence electrons. The van der Waals surface area contributed by atoms with Crippen LogP contribution in [0.5, 0.6) is 0 Å². The van der Waals surface area contributed by atoms with Gasteiger partial charge in [0.1, 0.15) is 5.78 Å². The second kappa shape index (κ2) is 5.37. The van der Waals surface area contributed by atoms with E-state index < -0.39 is 0 Å². The molecule has 2 atom stereocenters. The van der Waals surface area contributed by atoms with Crippen LogP contribution in [-0.4, -0.2) is 5.78 Å². The summed E-state index contributed by atoms with van der Waals surface area (Å²) in [4.78, 5) is 11.9. The molecule has 1 heteroatoms. The highest BCUT2D eigenvalue weighted by molar-refractivity contribution is 5.79. The first-order valence-corrected chi connectivity index (χ1v) is 6.56. The summed E-state index contributed by atoms with van der Waals surface area (Å²) in [5, 5.41) is 0. The van der Waals surface area contributed by atoms with Gasteiger partial charge in [0.2, 0.25) is 0 Å². The Morgan fingerprint density at radius 1 is 1.12 bits per heavy atom. The van der Waals surface area contributed by atoms with Gasteiger partial charge in [0.25, 0.3) is 0 Å². The van der Waals surface area contributed by atoms with Crippen molar-refractivity contribution in [3.05, 3.63) is 12.2 Å². The number of carbonyl (C=O) groups is 1. The second-order valence-electron chi connectivity index (χ2n) is 7.55. The van der Waals surface area contributed by atoms with E-state index in [-0.39, 0.29) is 28.4 Å². The first-order valence-electron chi connectivity index (χ1n) is 6.56. The zero-order valence-corrected chi connectivity index (χ0v) is 13.0. The quantitative estimate of drug-likeness (QED) is 0.639. The molecule has 0 spiro atoms. The van der Waals surface area contributed by atoms with Crippen molar-refractivity contribution in [3.8, 4) is 0 Å². The van der Waals surface area contributed by atoms with Crippen LogP contribution in [-0.2, 0) is 4.79 Å².